The molecule has 0 fully saturated rings. The number of fused-ring (bicyclic) bond motifs is 1. The smallest absolute Gasteiger partial charge is 0.274 e. The monoisotopic (exact) mass is 341 g/mol. The highest BCUT2D eigenvalue weighted by atomic mass is 16.7. The van der Waals surface area contributed by atoms with E-state index in [1.165, 1.54) is 0 Å². The summed E-state index contributed by atoms with van der Waals surface area (Å²) in [6.45, 7) is 8.48. The molecule has 1 aromatic carbocycles. The van der Waals surface area contributed by atoms with Gasteiger partial charge in [0, 0.05) is 25.2 Å². The SMILES string of the molecule is CC1Oc2cc(Nc3ccccc3)nc(C(=O)NCC(C)(C)C)c2O1. The number of carbonyl (C=O) groups is 1. The molecule has 3 rings (SSSR count). The van der Waals surface area contributed by atoms with Crippen molar-refractivity contribution in [2.75, 3.05) is 11.9 Å². The number of rotatable bonds is 4. The van der Waals surface area contributed by atoms with E-state index in [0.29, 0.717) is 23.9 Å². The molecule has 132 valence electrons. The van der Waals surface area contributed by atoms with Crippen LogP contribution < -0.4 is 20.1 Å². The third kappa shape index (κ3) is 4.21. The number of anilines is 2. The van der Waals surface area contributed by atoms with E-state index in [9.17, 15) is 4.79 Å². The fraction of sp³-hybridized carbons (Fsp3) is 0.368. The fourth-order valence-corrected chi connectivity index (χ4v) is 2.40. The van der Waals surface area contributed by atoms with Crippen LogP contribution in [0.2, 0.25) is 0 Å². The van der Waals surface area contributed by atoms with Gasteiger partial charge in [0.15, 0.2) is 17.2 Å². The molecule has 1 aromatic heterocycles. The van der Waals surface area contributed by atoms with Gasteiger partial charge in [0.25, 0.3) is 5.91 Å². The third-order valence-electron chi connectivity index (χ3n) is 3.56. The number of pyridine rings is 1. The number of ether oxygens (including phenoxy) is 2. The zero-order chi connectivity index (χ0) is 18.0. The Morgan fingerprint density at radius 1 is 1.20 bits per heavy atom. The molecule has 2 heterocycles. The van der Waals surface area contributed by atoms with E-state index >= 15 is 0 Å². The first-order valence-electron chi connectivity index (χ1n) is 8.30. The van der Waals surface area contributed by atoms with Crippen LogP contribution in [0.25, 0.3) is 0 Å². The minimum atomic E-state index is -0.446. The summed E-state index contributed by atoms with van der Waals surface area (Å²) >= 11 is 0. The van der Waals surface area contributed by atoms with Crippen LogP contribution in [0.4, 0.5) is 11.5 Å². The van der Waals surface area contributed by atoms with E-state index in [0.717, 1.165) is 5.69 Å². The second-order valence-corrected chi connectivity index (χ2v) is 7.22. The molecular weight excluding hydrogens is 318 g/mol. The molecule has 1 unspecified atom stereocenters. The Morgan fingerprint density at radius 3 is 2.60 bits per heavy atom. The Labute approximate surface area is 147 Å². The molecule has 1 aliphatic rings. The maximum atomic E-state index is 12.6. The average molecular weight is 341 g/mol. The van der Waals surface area contributed by atoms with Crippen LogP contribution in [0.5, 0.6) is 11.5 Å². The molecule has 0 saturated carbocycles. The number of para-hydroxylation sites is 1. The number of hydrogen-bond donors (Lipinski definition) is 2. The van der Waals surface area contributed by atoms with Gasteiger partial charge in [0.2, 0.25) is 6.29 Å². The van der Waals surface area contributed by atoms with Crippen LogP contribution in [-0.2, 0) is 0 Å². The lowest BCUT2D eigenvalue weighted by Crippen LogP contribution is -2.33. The topological polar surface area (TPSA) is 72.5 Å². The summed E-state index contributed by atoms with van der Waals surface area (Å²) < 4.78 is 11.3. The van der Waals surface area contributed by atoms with Gasteiger partial charge in [-0.2, -0.15) is 0 Å². The van der Waals surface area contributed by atoms with E-state index in [1.807, 2.05) is 30.3 Å². The zero-order valence-corrected chi connectivity index (χ0v) is 14.9. The number of benzene rings is 1. The number of nitrogens with zero attached hydrogens (tertiary/aromatic N) is 1. The normalized spacial score (nSPS) is 15.8. The molecule has 6 heteroatoms. The lowest BCUT2D eigenvalue weighted by Gasteiger charge is -2.19. The van der Waals surface area contributed by atoms with Crippen molar-refractivity contribution in [1.29, 1.82) is 0 Å². The number of aromatic nitrogens is 1. The van der Waals surface area contributed by atoms with Crippen LogP contribution in [0, 0.1) is 5.41 Å². The quantitative estimate of drug-likeness (QED) is 0.887. The van der Waals surface area contributed by atoms with Gasteiger partial charge in [-0.15, -0.1) is 0 Å². The van der Waals surface area contributed by atoms with Gasteiger partial charge in [-0.05, 0) is 17.5 Å². The maximum absolute atomic E-state index is 12.6. The highest BCUT2D eigenvalue weighted by Crippen LogP contribution is 2.39. The highest BCUT2D eigenvalue weighted by molar-refractivity contribution is 5.96. The predicted octanol–water partition coefficient (Wildman–Crippen LogP) is 3.72. The van der Waals surface area contributed by atoms with Crippen molar-refractivity contribution < 1.29 is 14.3 Å². The van der Waals surface area contributed by atoms with Crippen molar-refractivity contribution in [2.45, 2.75) is 34.0 Å². The largest absolute Gasteiger partial charge is 0.451 e. The Hall–Kier alpha value is -2.76. The van der Waals surface area contributed by atoms with Gasteiger partial charge in [-0.3, -0.25) is 4.79 Å². The second kappa shape index (κ2) is 6.63. The molecule has 25 heavy (non-hydrogen) atoms. The summed E-state index contributed by atoms with van der Waals surface area (Å²) in [4.78, 5) is 17.1. The van der Waals surface area contributed by atoms with E-state index in [2.05, 4.69) is 36.4 Å². The van der Waals surface area contributed by atoms with Crippen LogP contribution in [0.15, 0.2) is 36.4 Å². The van der Waals surface area contributed by atoms with Crippen molar-refractivity contribution in [3.63, 3.8) is 0 Å². The van der Waals surface area contributed by atoms with E-state index < -0.39 is 6.29 Å². The van der Waals surface area contributed by atoms with E-state index in [1.54, 1.807) is 13.0 Å². The van der Waals surface area contributed by atoms with Gasteiger partial charge in [-0.1, -0.05) is 39.0 Å². The predicted molar refractivity (Wildman–Crippen MR) is 96.5 cm³/mol. The van der Waals surface area contributed by atoms with E-state index in [-0.39, 0.29) is 17.0 Å². The second-order valence-electron chi connectivity index (χ2n) is 7.22. The van der Waals surface area contributed by atoms with Gasteiger partial charge in [0.05, 0.1) is 0 Å². The van der Waals surface area contributed by atoms with Gasteiger partial charge >= 0.3 is 0 Å². The molecule has 0 spiro atoms. The molecular formula is C19H23N3O3. The summed E-state index contributed by atoms with van der Waals surface area (Å²) in [6, 6.07) is 11.4. The number of carbonyl (C=O) groups excluding carboxylic acids is 1. The molecule has 6 nitrogen and oxygen atoms in total. The number of amides is 1. The highest BCUT2D eigenvalue weighted by Gasteiger charge is 2.29. The van der Waals surface area contributed by atoms with Crippen molar-refractivity contribution in [3.05, 3.63) is 42.1 Å². The van der Waals surface area contributed by atoms with E-state index in [4.69, 9.17) is 9.47 Å². The number of hydrogen-bond acceptors (Lipinski definition) is 5. The molecule has 0 bridgehead atoms. The molecule has 1 atom stereocenters. The fourth-order valence-electron chi connectivity index (χ4n) is 2.40. The summed E-state index contributed by atoms with van der Waals surface area (Å²) in [7, 11) is 0. The van der Waals surface area contributed by atoms with Crippen LogP contribution in [0.3, 0.4) is 0 Å². The van der Waals surface area contributed by atoms with Crippen LogP contribution in [0.1, 0.15) is 38.2 Å². The number of nitrogens with one attached hydrogen (secondary N) is 2. The third-order valence-corrected chi connectivity index (χ3v) is 3.56. The molecule has 1 aliphatic heterocycles. The lowest BCUT2D eigenvalue weighted by molar-refractivity contribution is 0.0666. The minimum absolute atomic E-state index is 0.0244. The Morgan fingerprint density at radius 2 is 1.92 bits per heavy atom. The van der Waals surface area contributed by atoms with Gasteiger partial charge in [-0.25, -0.2) is 4.98 Å². The van der Waals surface area contributed by atoms with Crippen molar-refractivity contribution in [1.82, 2.24) is 10.3 Å². The summed E-state index contributed by atoms with van der Waals surface area (Å²) in [5.41, 5.74) is 1.08. The first-order chi connectivity index (χ1) is 11.8. The molecule has 0 saturated heterocycles. The Kier molecular flexibility index (Phi) is 4.53. The van der Waals surface area contributed by atoms with Gasteiger partial charge < -0.3 is 20.1 Å². The standard InChI is InChI=1S/C19H23N3O3/c1-12-24-14-10-15(21-13-8-6-5-7-9-13)22-16(17(14)25-12)18(23)20-11-19(2,3)4/h5-10,12H,11H2,1-4H3,(H,20,23)(H,21,22). The first kappa shape index (κ1) is 17.1. The average Bonchev–Trinajstić information content (AvgIpc) is 2.92. The van der Waals surface area contributed by atoms with Gasteiger partial charge in [0.1, 0.15) is 5.82 Å². The maximum Gasteiger partial charge on any atom is 0.274 e. The summed E-state index contributed by atoms with van der Waals surface area (Å²) in [5.74, 6) is 1.16. The van der Waals surface area contributed by atoms with Crippen LogP contribution in [-0.4, -0.2) is 23.7 Å². The zero-order valence-electron chi connectivity index (χ0n) is 14.9. The molecule has 2 N–H and O–H groups in total. The molecule has 2 aromatic rings. The first-order valence-corrected chi connectivity index (χ1v) is 8.30. The van der Waals surface area contributed by atoms with Crippen molar-refractivity contribution >= 4 is 17.4 Å². The molecule has 1 amide bonds. The summed E-state index contributed by atoms with van der Waals surface area (Å²) in [6.07, 6.45) is -0.446. The van der Waals surface area contributed by atoms with Crippen molar-refractivity contribution in [2.24, 2.45) is 5.41 Å². The Bertz CT molecular complexity index is 769. The Balaban J connectivity index is 1.89. The lowest BCUT2D eigenvalue weighted by atomic mass is 9.97. The summed E-state index contributed by atoms with van der Waals surface area (Å²) in [5, 5.41) is 6.10. The molecule has 0 aliphatic carbocycles. The minimum Gasteiger partial charge on any atom is -0.451 e. The van der Waals surface area contributed by atoms with Crippen LogP contribution >= 0.6 is 0 Å². The molecule has 0 radical (unpaired) electrons. The van der Waals surface area contributed by atoms with Crippen molar-refractivity contribution in [3.8, 4) is 11.5 Å².